The number of fused-ring (bicyclic) bond motifs is 1. The normalized spacial score (nSPS) is 10.6. The summed E-state index contributed by atoms with van der Waals surface area (Å²) in [5, 5.41) is 4.89. The van der Waals surface area contributed by atoms with E-state index in [0.717, 1.165) is 10.7 Å². The number of thioether (sulfide) groups is 1. The van der Waals surface area contributed by atoms with Crippen molar-refractivity contribution < 1.29 is 0 Å². The molecule has 56 valence electrons. The van der Waals surface area contributed by atoms with Crippen LogP contribution in [-0.4, -0.2) is 25.8 Å². The fourth-order valence-corrected chi connectivity index (χ4v) is 1.36. The SMILES string of the molecule is CSc1ncnn2ccnc12. The molecule has 0 spiro atoms. The first-order chi connectivity index (χ1) is 5.42. The fraction of sp³-hybridized carbons (Fsp3) is 0.167. The lowest BCUT2D eigenvalue weighted by molar-refractivity contribution is 0.858. The minimum Gasteiger partial charge on any atom is -0.233 e. The Morgan fingerprint density at radius 3 is 3.18 bits per heavy atom. The third kappa shape index (κ3) is 0.970. The summed E-state index contributed by atoms with van der Waals surface area (Å²) < 4.78 is 1.71. The van der Waals surface area contributed by atoms with Crippen molar-refractivity contribution in [2.45, 2.75) is 5.03 Å². The van der Waals surface area contributed by atoms with E-state index in [9.17, 15) is 0 Å². The highest BCUT2D eigenvalue weighted by Crippen LogP contribution is 2.14. The van der Waals surface area contributed by atoms with Crippen molar-refractivity contribution in [3.8, 4) is 0 Å². The van der Waals surface area contributed by atoms with Crippen LogP contribution < -0.4 is 0 Å². The molecule has 0 aliphatic heterocycles. The summed E-state index contributed by atoms with van der Waals surface area (Å²) in [7, 11) is 0. The first kappa shape index (κ1) is 6.60. The molecule has 4 nitrogen and oxygen atoms in total. The van der Waals surface area contributed by atoms with Crippen LogP contribution in [0.5, 0.6) is 0 Å². The van der Waals surface area contributed by atoms with E-state index < -0.39 is 0 Å². The van der Waals surface area contributed by atoms with Gasteiger partial charge in [0.05, 0.1) is 0 Å². The van der Waals surface area contributed by atoms with Gasteiger partial charge in [0.2, 0.25) is 0 Å². The fourth-order valence-electron chi connectivity index (χ4n) is 0.879. The van der Waals surface area contributed by atoms with Crippen molar-refractivity contribution in [2.75, 3.05) is 6.26 Å². The molecule has 2 rings (SSSR count). The summed E-state index contributed by atoms with van der Waals surface area (Å²) in [6, 6.07) is 0. The third-order valence-corrected chi connectivity index (χ3v) is 2.03. The molecule has 0 saturated carbocycles. The Hall–Kier alpha value is -1.10. The second kappa shape index (κ2) is 2.50. The molecule has 11 heavy (non-hydrogen) atoms. The zero-order chi connectivity index (χ0) is 7.68. The average molecular weight is 166 g/mol. The van der Waals surface area contributed by atoms with Crippen LogP contribution in [0.2, 0.25) is 0 Å². The molecular formula is C6H6N4S. The Balaban J connectivity index is 2.79. The lowest BCUT2D eigenvalue weighted by Crippen LogP contribution is -1.93. The maximum atomic E-state index is 4.11. The number of nitrogens with zero attached hydrogens (tertiary/aromatic N) is 4. The van der Waals surface area contributed by atoms with Crippen molar-refractivity contribution in [1.29, 1.82) is 0 Å². The molecule has 5 heteroatoms. The van der Waals surface area contributed by atoms with E-state index in [1.807, 2.05) is 6.26 Å². The molecular weight excluding hydrogens is 160 g/mol. The lowest BCUT2D eigenvalue weighted by atomic mass is 10.8. The van der Waals surface area contributed by atoms with Gasteiger partial charge in [-0.25, -0.2) is 14.5 Å². The van der Waals surface area contributed by atoms with Crippen LogP contribution in [0.15, 0.2) is 23.7 Å². The highest BCUT2D eigenvalue weighted by molar-refractivity contribution is 7.98. The van der Waals surface area contributed by atoms with Gasteiger partial charge in [-0.3, -0.25) is 0 Å². The number of aromatic nitrogens is 4. The summed E-state index contributed by atoms with van der Waals surface area (Å²) in [5.41, 5.74) is 0.819. The highest BCUT2D eigenvalue weighted by atomic mass is 32.2. The summed E-state index contributed by atoms with van der Waals surface area (Å²) >= 11 is 1.57. The zero-order valence-electron chi connectivity index (χ0n) is 5.93. The van der Waals surface area contributed by atoms with Crippen LogP contribution in [-0.2, 0) is 0 Å². The Morgan fingerprint density at radius 2 is 2.36 bits per heavy atom. The topological polar surface area (TPSA) is 43.1 Å². The van der Waals surface area contributed by atoms with Crippen LogP contribution in [0.3, 0.4) is 0 Å². The smallest absolute Gasteiger partial charge is 0.186 e. The van der Waals surface area contributed by atoms with Crippen LogP contribution in [0.25, 0.3) is 5.65 Å². The molecule has 0 fully saturated rings. The minimum atomic E-state index is 0.819. The van der Waals surface area contributed by atoms with Crippen LogP contribution in [0.1, 0.15) is 0 Å². The molecule has 2 heterocycles. The second-order valence-electron chi connectivity index (χ2n) is 1.96. The summed E-state index contributed by atoms with van der Waals surface area (Å²) in [5.74, 6) is 0. The number of rotatable bonds is 1. The standard InChI is InChI=1S/C6H6N4S/c1-11-6-5-7-2-3-10(5)9-4-8-6/h2-4H,1H3. The van der Waals surface area contributed by atoms with Crippen molar-refractivity contribution >= 4 is 17.4 Å². The van der Waals surface area contributed by atoms with E-state index in [1.54, 1.807) is 28.7 Å². The van der Waals surface area contributed by atoms with E-state index in [4.69, 9.17) is 0 Å². The summed E-state index contributed by atoms with van der Waals surface area (Å²) in [4.78, 5) is 8.17. The maximum absolute atomic E-state index is 4.11. The molecule has 0 amide bonds. The quantitative estimate of drug-likeness (QED) is 0.589. The van der Waals surface area contributed by atoms with E-state index in [1.165, 1.54) is 6.33 Å². The molecule has 2 aromatic heterocycles. The van der Waals surface area contributed by atoms with E-state index in [2.05, 4.69) is 15.1 Å². The predicted molar refractivity (Wildman–Crippen MR) is 42.6 cm³/mol. The summed E-state index contributed by atoms with van der Waals surface area (Å²) in [6.07, 6.45) is 7.01. The van der Waals surface area contributed by atoms with Crippen molar-refractivity contribution in [3.05, 3.63) is 18.7 Å². The number of imidazole rings is 1. The summed E-state index contributed by atoms with van der Waals surface area (Å²) in [6.45, 7) is 0. The van der Waals surface area contributed by atoms with E-state index in [-0.39, 0.29) is 0 Å². The van der Waals surface area contributed by atoms with Gasteiger partial charge < -0.3 is 0 Å². The van der Waals surface area contributed by atoms with Crippen LogP contribution >= 0.6 is 11.8 Å². The number of hydrogen-bond acceptors (Lipinski definition) is 4. The van der Waals surface area contributed by atoms with Gasteiger partial charge in [-0.2, -0.15) is 5.10 Å². The van der Waals surface area contributed by atoms with Crippen LogP contribution in [0, 0.1) is 0 Å². The molecule has 2 aromatic rings. The van der Waals surface area contributed by atoms with Gasteiger partial charge in [0.1, 0.15) is 11.4 Å². The first-order valence-electron chi connectivity index (χ1n) is 3.10. The van der Waals surface area contributed by atoms with Gasteiger partial charge in [-0.15, -0.1) is 11.8 Å². The molecule has 0 aliphatic rings. The molecule has 0 bridgehead atoms. The van der Waals surface area contributed by atoms with Gasteiger partial charge in [0.25, 0.3) is 0 Å². The highest BCUT2D eigenvalue weighted by Gasteiger charge is 2.00. The zero-order valence-corrected chi connectivity index (χ0v) is 6.75. The Morgan fingerprint density at radius 1 is 1.45 bits per heavy atom. The lowest BCUT2D eigenvalue weighted by Gasteiger charge is -1.95. The molecule has 0 saturated heterocycles. The Bertz CT molecular complexity index is 369. The van der Waals surface area contributed by atoms with Crippen LogP contribution in [0.4, 0.5) is 0 Å². The van der Waals surface area contributed by atoms with Crippen molar-refractivity contribution in [2.24, 2.45) is 0 Å². The van der Waals surface area contributed by atoms with Crippen molar-refractivity contribution in [1.82, 2.24) is 19.6 Å². The largest absolute Gasteiger partial charge is 0.233 e. The third-order valence-electron chi connectivity index (χ3n) is 1.36. The Kier molecular flexibility index (Phi) is 1.50. The van der Waals surface area contributed by atoms with Gasteiger partial charge in [0.15, 0.2) is 5.65 Å². The predicted octanol–water partition coefficient (Wildman–Crippen LogP) is 0.846. The monoisotopic (exact) mass is 166 g/mol. The minimum absolute atomic E-state index is 0.819. The molecule has 0 N–H and O–H groups in total. The molecule has 0 aliphatic carbocycles. The molecule has 0 unspecified atom stereocenters. The van der Waals surface area contributed by atoms with Gasteiger partial charge in [-0.05, 0) is 6.26 Å². The van der Waals surface area contributed by atoms with Gasteiger partial charge in [0, 0.05) is 12.4 Å². The van der Waals surface area contributed by atoms with E-state index in [0.29, 0.717) is 0 Å². The maximum Gasteiger partial charge on any atom is 0.186 e. The molecule has 0 radical (unpaired) electrons. The number of hydrogen-bond donors (Lipinski definition) is 0. The van der Waals surface area contributed by atoms with Crippen molar-refractivity contribution in [3.63, 3.8) is 0 Å². The molecule has 0 aromatic carbocycles. The molecule has 0 atom stereocenters. The van der Waals surface area contributed by atoms with E-state index >= 15 is 0 Å². The van der Waals surface area contributed by atoms with Gasteiger partial charge in [-0.1, -0.05) is 0 Å². The van der Waals surface area contributed by atoms with Gasteiger partial charge >= 0.3 is 0 Å². The first-order valence-corrected chi connectivity index (χ1v) is 4.32. The second-order valence-corrected chi connectivity index (χ2v) is 2.76. The average Bonchev–Trinajstić information content (AvgIpc) is 2.50. The Labute approximate surface area is 67.7 Å².